The number of likely N-dealkylation sites (tertiary alicyclic amines) is 1. The third-order valence-electron chi connectivity index (χ3n) is 5.60. The van der Waals surface area contributed by atoms with E-state index in [0.717, 1.165) is 5.69 Å². The number of benzene rings is 1. The number of nitrogens with one attached hydrogen (secondary N) is 1. The van der Waals surface area contributed by atoms with Crippen molar-refractivity contribution >= 4 is 46.8 Å². The van der Waals surface area contributed by atoms with Gasteiger partial charge in [-0.05, 0) is 54.1 Å². The summed E-state index contributed by atoms with van der Waals surface area (Å²) in [6.07, 6.45) is 3.00. The molecule has 174 valence electrons. The second kappa shape index (κ2) is 10.2. The van der Waals surface area contributed by atoms with E-state index < -0.39 is 6.04 Å². The van der Waals surface area contributed by atoms with Crippen molar-refractivity contribution in [1.82, 2.24) is 4.90 Å². The molecule has 2 fully saturated rings. The number of furan rings is 1. The molecule has 4 rings (SSSR count). The van der Waals surface area contributed by atoms with Crippen molar-refractivity contribution in [3.8, 4) is 0 Å². The summed E-state index contributed by atoms with van der Waals surface area (Å²) < 4.78 is 15.8. The predicted octanol–water partition coefficient (Wildman–Crippen LogP) is 2.56. The molecule has 1 N–H and O–H groups in total. The van der Waals surface area contributed by atoms with Crippen molar-refractivity contribution in [2.24, 2.45) is 0 Å². The lowest BCUT2D eigenvalue weighted by Gasteiger charge is -2.27. The van der Waals surface area contributed by atoms with E-state index in [1.54, 1.807) is 48.4 Å². The minimum Gasteiger partial charge on any atom is -0.445 e. The van der Waals surface area contributed by atoms with Gasteiger partial charge in [-0.1, -0.05) is 0 Å². The molecule has 1 aromatic heterocycles. The fourth-order valence-corrected chi connectivity index (χ4v) is 4.02. The lowest BCUT2D eigenvalue weighted by atomic mass is 10.1. The molecule has 1 aromatic carbocycles. The van der Waals surface area contributed by atoms with Crippen molar-refractivity contribution in [3.63, 3.8) is 0 Å². The van der Waals surface area contributed by atoms with Crippen LogP contribution < -0.4 is 10.2 Å². The first-order chi connectivity index (χ1) is 15.9. The van der Waals surface area contributed by atoms with Crippen LogP contribution in [0.1, 0.15) is 12.2 Å². The molecule has 2 aliphatic heterocycles. The SMILES string of the molecule is CO[C@@H]1C[C@H](C(=O)Nc2ccc(N3CCOCC3=O)cc2)N(C(=O)/C=C/c2ccc(Cl)o2)C1. The van der Waals surface area contributed by atoms with Crippen LogP contribution in [0.3, 0.4) is 0 Å². The molecule has 3 amide bonds. The van der Waals surface area contributed by atoms with Crippen molar-refractivity contribution in [1.29, 1.82) is 0 Å². The number of morpholine rings is 1. The summed E-state index contributed by atoms with van der Waals surface area (Å²) in [6, 6.07) is 9.53. The number of halogens is 1. The third kappa shape index (κ3) is 5.44. The summed E-state index contributed by atoms with van der Waals surface area (Å²) >= 11 is 5.75. The van der Waals surface area contributed by atoms with Gasteiger partial charge in [0.1, 0.15) is 18.4 Å². The Kier molecular flexibility index (Phi) is 7.12. The number of methoxy groups -OCH3 is 1. The topological polar surface area (TPSA) is 101 Å². The van der Waals surface area contributed by atoms with Crippen LogP contribution in [-0.4, -0.2) is 68.2 Å². The van der Waals surface area contributed by atoms with Crippen LogP contribution in [0, 0.1) is 0 Å². The maximum Gasteiger partial charge on any atom is 0.253 e. The van der Waals surface area contributed by atoms with Gasteiger partial charge >= 0.3 is 0 Å². The molecule has 0 bridgehead atoms. The molecule has 0 saturated carbocycles. The van der Waals surface area contributed by atoms with E-state index in [-0.39, 0.29) is 35.7 Å². The van der Waals surface area contributed by atoms with Crippen molar-refractivity contribution < 1.29 is 28.3 Å². The van der Waals surface area contributed by atoms with E-state index >= 15 is 0 Å². The van der Waals surface area contributed by atoms with Gasteiger partial charge in [-0.2, -0.15) is 0 Å². The molecule has 2 atom stereocenters. The molecule has 0 spiro atoms. The number of nitrogens with zero attached hydrogens (tertiary/aromatic N) is 2. The number of rotatable bonds is 6. The molecule has 0 unspecified atom stereocenters. The van der Waals surface area contributed by atoms with Crippen LogP contribution in [0.4, 0.5) is 11.4 Å². The fraction of sp³-hybridized carbons (Fsp3) is 0.348. The Morgan fingerprint density at radius 3 is 2.67 bits per heavy atom. The quantitative estimate of drug-likeness (QED) is 0.647. The van der Waals surface area contributed by atoms with E-state index in [0.29, 0.717) is 37.6 Å². The third-order valence-corrected chi connectivity index (χ3v) is 5.80. The smallest absolute Gasteiger partial charge is 0.253 e. The molecule has 33 heavy (non-hydrogen) atoms. The summed E-state index contributed by atoms with van der Waals surface area (Å²) in [5, 5.41) is 3.08. The first-order valence-electron chi connectivity index (χ1n) is 10.5. The van der Waals surface area contributed by atoms with Crippen LogP contribution in [-0.2, 0) is 23.9 Å². The summed E-state index contributed by atoms with van der Waals surface area (Å²) in [7, 11) is 1.56. The maximum atomic E-state index is 13.0. The van der Waals surface area contributed by atoms with Gasteiger partial charge in [0.15, 0.2) is 5.22 Å². The molecule has 2 saturated heterocycles. The molecule has 2 aromatic rings. The van der Waals surface area contributed by atoms with E-state index in [4.69, 9.17) is 25.5 Å². The Labute approximate surface area is 195 Å². The van der Waals surface area contributed by atoms with Crippen LogP contribution in [0.25, 0.3) is 6.08 Å². The highest BCUT2D eigenvalue weighted by Crippen LogP contribution is 2.24. The second-order valence-corrected chi connectivity index (χ2v) is 8.08. The number of carbonyl (C=O) groups is 3. The number of hydrogen-bond donors (Lipinski definition) is 1. The molecular weight excluding hydrogens is 450 g/mol. The van der Waals surface area contributed by atoms with E-state index in [9.17, 15) is 14.4 Å². The maximum absolute atomic E-state index is 13.0. The monoisotopic (exact) mass is 473 g/mol. The zero-order valence-electron chi connectivity index (χ0n) is 18.0. The van der Waals surface area contributed by atoms with Crippen LogP contribution >= 0.6 is 11.6 Å². The van der Waals surface area contributed by atoms with Crippen molar-refractivity contribution in [2.75, 3.05) is 43.6 Å². The van der Waals surface area contributed by atoms with Crippen LogP contribution in [0.2, 0.25) is 5.22 Å². The zero-order valence-corrected chi connectivity index (χ0v) is 18.8. The summed E-state index contributed by atoms with van der Waals surface area (Å²) in [5.41, 5.74) is 1.31. The molecule has 9 nitrogen and oxygen atoms in total. The summed E-state index contributed by atoms with van der Waals surface area (Å²) in [6.45, 7) is 1.33. The van der Waals surface area contributed by atoms with Gasteiger partial charge in [0.2, 0.25) is 11.8 Å². The summed E-state index contributed by atoms with van der Waals surface area (Å²) in [4.78, 5) is 40.9. The van der Waals surface area contributed by atoms with E-state index in [1.807, 2.05) is 0 Å². The standard InChI is InChI=1S/C23H24ClN3O6/c1-31-18-12-19(27(13-18)21(28)9-7-17-6-8-20(24)33-17)23(30)25-15-2-4-16(5-3-15)26-10-11-32-14-22(26)29/h2-9,18-19H,10-14H2,1H3,(H,25,30)/b9-7+/t18-,19-/m1/s1. The van der Waals surface area contributed by atoms with Crippen LogP contribution in [0.5, 0.6) is 0 Å². The average Bonchev–Trinajstić information content (AvgIpc) is 3.45. The molecule has 0 aliphatic carbocycles. The Balaban J connectivity index is 1.42. The lowest BCUT2D eigenvalue weighted by Crippen LogP contribution is -2.42. The largest absolute Gasteiger partial charge is 0.445 e. The van der Waals surface area contributed by atoms with Gasteiger partial charge in [0.05, 0.1) is 12.7 Å². The molecule has 10 heteroatoms. The highest BCUT2D eigenvalue weighted by molar-refractivity contribution is 6.28. The normalized spacial score (nSPS) is 21.1. The van der Waals surface area contributed by atoms with Gasteiger partial charge in [-0.25, -0.2) is 0 Å². The van der Waals surface area contributed by atoms with E-state index in [1.165, 1.54) is 17.1 Å². The van der Waals surface area contributed by atoms with Gasteiger partial charge in [0, 0.05) is 44.1 Å². The lowest BCUT2D eigenvalue weighted by molar-refractivity contribution is -0.132. The van der Waals surface area contributed by atoms with Crippen LogP contribution in [0.15, 0.2) is 46.9 Å². The second-order valence-electron chi connectivity index (χ2n) is 7.71. The molecule has 3 heterocycles. The molecule has 2 aliphatic rings. The van der Waals surface area contributed by atoms with Gasteiger partial charge in [0.25, 0.3) is 5.91 Å². The highest BCUT2D eigenvalue weighted by atomic mass is 35.5. The van der Waals surface area contributed by atoms with Crippen molar-refractivity contribution in [2.45, 2.75) is 18.6 Å². The summed E-state index contributed by atoms with van der Waals surface area (Å²) in [5.74, 6) is -0.305. The number of ether oxygens (including phenoxy) is 2. The number of hydrogen-bond acceptors (Lipinski definition) is 6. The highest BCUT2D eigenvalue weighted by Gasteiger charge is 2.39. The predicted molar refractivity (Wildman–Crippen MR) is 122 cm³/mol. The van der Waals surface area contributed by atoms with Crippen molar-refractivity contribution in [3.05, 3.63) is 53.5 Å². The van der Waals surface area contributed by atoms with Gasteiger partial charge < -0.3 is 29.0 Å². The number of carbonyl (C=O) groups excluding carboxylic acids is 3. The Hall–Kier alpha value is -3.14. The van der Waals surface area contributed by atoms with Gasteiger partial charge in [-0.15, -0.1) is 0 Å². The Bertz CT molecular complexity index is 1050. The number of amides is 3. The number of anilines is 2. The molecule has 0 radical (unpaired) electrons. The minimum absolute atomic E-state index is 0.0616. The minimum atomic E-state index is -0.687. The van der Waals surface area contributed by atoms with E-state index in [2.05, 4.69) is 5.32 Å². The Morgan fingerprint density at radius 1 is 1.21 bits per heavy atom. The average molecular weight is 474 g/mol. The first-order valence-corrected chi connectivity index (χ1v) is 10.9. The zero-order chi connectivity index (χ0) is 23.4. The van der Waals surface area contributed by atoms with Gasteiger partial charge in [-0.3, -0.25) is 14.4 Å². The first kappa shape index (κ1) is 23.0. The Morgan fingerprint density at radius 2 is 2.00 bits per heavy atom. The molecular formula is C23H24ClN3O6. The fourth-order valence-electron chi connectivity index (χ4n) is 3.87.